The Balaban J connectivity index is 1.30. The first-order valence-electron chi connectivity index (χ1n) is 11.0. The number of nitrogens with two attached hydrogens (primary N) is 1. The molecule has 3 heterocycles. The lowest BCUT2D eigenvalue weighted by Gasteiger charge is -2.26. The number of nitrogens with zero attached hydrogens (tertiary/aromatic N) is 1. The van der Waals surface area contributed by atoms with E-state index in [1.165, 1.54) is 16.2 Å². The monoisotopic (exact) mass is 441 g/mol. The molecule has 1 aromatic heterocycles. The highest BCUT2D eigenvalue weighted by Gasteiger charge is 2.30. The van der Waals surface area contributed by atoms with Gasteiger partial charge in [-0.15, -0.1) is 11.3 Å². The van der Waals surface area contributed by atoms with Gasteiger partial charge in [0.1, 0.15) is 18.2 Å². The number of carbonyl (C=O) groups excluding carboxylic acids is 2. The van der Waals surface area contributed by atoms with Crippen LogP contribution < -0.4 is 20.5 Å². The SMILES string of the molecule is NC(=O)c1c(NC(=O)CN2CCCC2c2ccc3c(c2)OCCO3)sc2c1CCCC2. The van der Waals surface area contributed by atoms with Crippen LogP contribution in [0.25, 0.3) is 0 Å². The van der Waals surface area contributed by atoms with Gasteiger partial charge in [-0.3, -0.25) is 14.5 Å². The van der Waals surface area contributed by atoms with Crippen LogP contribution in [-0.4, -0.2) is 43.0 Å². The van der Waals surface area contributed by atoms with Crippen LogP contribution in [0.5, 0.6) is 11.5 Å². The minimum absolute atomic E-state index is 0.106. The molecule has 1 aromatic carbocycles. The second-order valence-corrected chi connectivity index (χ2v) is 9.46. The molecule has 1 aliphatic carbocycles. The highest BCUT2D eigenvalue weighted by Crippen LogP contribution is 2.39. The summed E-state index contributed by atoms with van der Waals surface area (Å²) in [7, 11) is 0. The maximum absolute atomic E-state index is 12.9. The van der Waals surface area contributed by atoms with E-state index in [4.69, 9.17) is 15.2 Å². The zero-order valence-corrected chi connectivity index (χ0v) is 18.3. The standard InChI is InChI=1S/C23H27N3O4S/c24-22(28)21-15-4-1-2-6-19(15)31-23(21)25-20(27)13-26-9-3-5-16(26)14-7-8-17-18(12-14)30-11-10-29-17/h7-8,12,16H,1-6,9-11,13H2,(H2,24,28)(H,25,27). The Hall–Kier alpha value is -2.58. The molecule has 0 saturated carbocycles. The van der Waals surface area contributed by atoms with Crippen LogP contribution in [0.15, 0.2) is 18.2 Å². The first kappa shape index (κ1) is 20.3. The second kappa shape index (κ2) is 8.51. The third-order valence-corrected chi connectivity index (χ3v) is 7.54. The molecule has 1 unspecified atom stereocenters. The smallest absolute Gasteiger partial charge is 0.251 e. The van der Waals surface area contributed by atoms with Crippen LogP contribution in [0.3, 0.4) is 0 Å². The summed E-state index contributed by atoms with van der Waals surface area (Å²) in [5.74, 6) is 0.990. The number of rotatable bonds is 5. The van der Waals surface area contributed by atoms with Gasteiger partial charge in [0.05, 0.1) is 12.1 Å². The summed E-state index contributed by atoms with van der Waals surface area (Å²) in [6.45, 7) is 2.26. The van der Waals surface area contributed by atoms with E-state index < -0.39 is 5.91 Å². The molecular formula is C23H27N3O4S. The number of amides is 2. The molecule has 0 spiro atoms. The number of benzene rings is 1. The van der Waals surface area contributed by atoms with Crippen molar-refractivity contribution in [3.05, 3.63) is 39.8 Å². The molecule has 3 N–H and O–H groups in total. The Morgan fingerprint density at radius 2 is 1.94 bits per heavy atom. The van der Waals surface area contributed by atoms with E-state index in [1.54, 1.807) is 0 Å². The number of fused-ring (bicyclic) bond motifs is 2. The van der Waals surface area contributed by atoms with Crippen molar-refractivity contribution in [1.29, 1.82) is 0 Å². The van der Waals surface area contributed by atoms with Gasteiger partial charge in [0.2, 0.25) is 5.91 Å². The molecule has 0 bridgehead atoms. The number of aryl methyl sites for hydroxylation is 1. The Morgan fingerprint density at radius 1 is 1.13 bits per heavy atom. The minimum atomic E-state index is -0.454. The predicted octanol–water partition coefficient (Wildman–Crippen LogP) is 3.27. The van der Waals surface area contributed by atoms with Gasteiger partial charge in [0.25, 0.3) is 5.91 Å². The van der Waals surface area contributed by atoms with Crippen LogP contribution in [0.1, 0.15) is 58.1 Å². The van der Waals surface area contributed by atoms with Gasteiger partial charge in [0.15, 0.2) is 11.5 Å². The van der Waals surface area contributed by atoms with Gasteiger partial charge in [-0.25, -0.2) is 0 Å². The van der Waals surface area contributed by atoms with Crippen molar-refractivity contribution in [3.8, 4) is 11.5 Å². The highest BCUT2D eigenvalue weighted by molar-refractivity contribution is 7.17. The number of carbonyl (C=O) groups is 2. The Labute approximate surface area is 185 Å². The number of primary amides is 1. The molecule has 2 amide bonds. The van der Waals surface area contributed by atoms with Crippen LogP contribution >= 0.6 is 11.3 Å². The molecule has 5 rings (SSSR count). The summed E-state index contributed by atoms with van der Waals surface area (Å²) >= 11 is 1.51. The molecule has 2 aromatic rings. The first-order valence-corrected chi connectivity index (χ1v) is 11.8. The topological polar surface area (TPSA) is 93.9 Å². The van der Waals surface area contributed by atoms with Crippen LogP contribution in [0.2, 0.25) is 0 Å². The van der Waals surface area contributed by atoms with Crippen LogP contribution in [-0.2, 0) is 17.6 Å². The number of likely N-dealkylation sites (tertiary alicyclic amines) is 1. The van der Waals surface area contributed by atoms with Crippen molar-refractivity contribution in [2.75, 3.05) is 31.6 Å². The molecule has 0 radical (unpaired) electrons. The number of hydrogen-bond donors (Lipinski definition) is 2. The predicted molar refractivity (Wildman–Crippen MR) is 119 cm³/mol. The van der Waals surface area contributed by atoms with Gasteiger partial charge in [0, 0.05) is 10.9 Å². The first-order chi connectivity index (χ1) is 15.1. The molecule has 2 aliphatic heterocycles. The van der Waals surface area contributed by atoms with Crippen molar-refractivity contribution in [2.45, 2.75) is 44.6 Å². The van der Waals surface area contributed by atoms with Gasteiger partial charge < -0.3 is 20.5 Å². The Kier molecular flexibility index (Phi) is 5.58. The van der Waals surface area contributed by atoms with E-state index in [2.05, 4.69) is 16.3 Å². The number of thiophene rings is 1. The third-order valence-electron chi connectivity index (χ3n) is 6.33. The molecule has 7 nitrogen and oxygen atoms in total. The quantitative estimate of drug-likeness (QED) is 0.743. The summed E-state index contributed by atoms with van der Waals surface area (Å²) in [6.07, 6.45) is 6.01. The number of hydrogen-bond acceptors (Lipinski definition) is 6. The Morgan fingerprint density at radius 3 is 2.77 bits per heavy atom. The highest BCUT2D eigenvalue weighted by atomic mass is 32.1. The third kappa shape index (κ3) is 4.02. The zero-order valence-electron chi connectivity index (χ0n) is 17.4. The summed E-state index contributed by atoms with van der Waals surface area (Å²) in [6, 6.07) is 6.21. The molecule has 8 heteroatoms. The molecular weight excluding hydrogens is 414 g/mol. The van der Waals surface area contributed by atoms with Crippen LogP contribution in [0, 0.1) is 0 Å². The van der Waals surface area contributed by atoms with E-state index >= 15 is 0 Å². The Bertz CT molecular complexity index is 1020. The molecule has 1 saturated heterocycles. The van der Waals surface area contributed by atoms with Crippen molar-refractivity contribution >= 4 is 28.2 Å². The summed E-state index contributed by atoms with van der Waals surface area (Å²) < 4.78 is 11.4. The van der Waals surface area contributed by atoms with E-state index in [1.807, 2.05) is 12.1 Å². The summed E-state index contributed by atoms with van der Waals surface area (Å²) in [4.78, 5) is 28.4. The van der Waals surface area contributed by atoms with Gasteiger partial charge in [-0.05, 0) is 68.3 Å². The summed E-state index contributed by atoms with van der Waals surface area (Å²) in [5.41, 5.74) is 8.35. The molecule has 1 fully saturated rings. The van der Waals surface area contributed by atoms with Crippen molar-refractivity contribution in [2.24, 2.45) is 5.73 Å². The largest absolute Gasteiger partial charge is 0.486 e. The molecule has 164 valence electrons. The summed E-state index contributed by atoms with van der Waals surface area (Å²) in [5, 5.41) is 3.60. The number of anilines is 1. The maximum atomic E-state index is 12.9. The van der Waals surface area contributed by atoms with E-state index in [-0.39, 0.29) is 18.5 Å². The van der Waals surface area contributed by atoms with Crippen molar-refractivity contribution < 1.29 is 19.1 Å². The average Bonchev–Trinajstić information content (AvgIpc) is 3.37. The van der Waals surface area contributed by atoms with E-state index in [0.717, 1.165) is 67.7 Å². The zero-order chi connectivity index (χ0) is 21.4. The molecule has 1 atom stereocenters. The second-order valence-electron chi connectivity index (χ2n) is 8.36. The normalized spacial score (nSPS) is 20.3. The fourth-order valence-corrected chi connectivity index (χ4v) is 6.24. The van der Waals surface area contributed by atoms with Gasteiger partial charge >= 0.3 is 0 Å². The fraction of sp³-hybridized carbons (Fsp3) is 0.478. The number of nitrogens with one attached hydrogen (secondary N) is 1. The van der Waals surface area contributed by atoms with E-state index in [0.29, 0.717) is 23.8 Å². The fourth-order valence-electron chi connectivity index (χ4n) is 4.93. The average molecular weight is 442 g/mol. The lowest BCUT2D eigenvalue weighted by atomic mass is 9.95. The lowest BCUT2D eigenvalue weighted by Crippen LogP contribution is -2.33. The number of ether oxygens (including phenoxy) is 2. The minimum Gasteiger partial charge on any atom is -0.486 e. The maximum Gasteiger partial charge on any atom is 0.251 e. The molecule has 31 heavy (non-hydrogen) atoms. The van der Waals surface area contributed by atoms with Crippen molar-refractivity contribution in [1.82, 2.24) is 4.90 Å². The van der Waals surface area contributed by atoms with E-state index in [9.17, 15) is 9.59 Å². The van der Waals surface area contributed by atoms with Crippen LogP contribution in [0.4, 0.5) is 5.00 Å². The molecule has 3 aliphatic rings. The van der Waals surface area contributed by atoms with Crippen molar-refractivity contribution in [3.63, 3.8) is 0 Å². The van der Waals surface area contributed by atoms with Gasteiger partial charge in [-0.2, -0.15) is 0 Å². The van der Waals surface area contributed by atoms with Gasteiger partial charge in [-0.1, -0.05) is 6.07 Å². The lowest BCUT2D eigenvalue weighted by molar-refractivity contribution is -0.117.